The van der Waals surface area contributed by atoms with Crippen molar-refractivity contribution in [1.29, 1.82) is 0 Å². The third-order valence-electron chi connectivity index (χ3n) is 4.43. The van der Waals surface area contributed by atoms with E-state index in [4.69, 9.17) is 9.47 Å². The van der Waals surface area contributed by atoms with Crippen molar-refractivity contribution in [1.82, 2.24) is 14.8 Å². The first-order valence-electron chi connectivity index (χ1n) is 9.14. The quantitative estimate of drug-likeness (QED) is 0.525. The van der Waals surface area contributed by atoms with E-state index in [-0.39, 0.29) is 17.8 Å². The van der Waals surface area contributed by atoms with Crippen molar-refractivity contribution < 1.29 is 14.3 Å². The van der Waals surface area contributed by atoms with E-state index in [1.54, 1.807) is 19.1 Å². The largest absolute Gasteiger partial charge is 0.497 e. The number of thioether (sulfide) groups is 1. The molecule has 0 radical (unpaired) electrons. The van der Waals surface area contributed by atoms with E-state index in [1.807, 2.05) is 73.1 Å². The summed E-state index contributed by atoms with van der Waals surface area (Å²) in [5.74, 6) is 2.35. The molecule has 3 aromatic rings. The predicted molar refractivity (Wildman–Crippen MR) is 114 cm³/mol. The van der Waals surface area contributed by atoms with Crippen LogP contribution in [0.4, 0.5) is 5.69 Å². The Morgan fingerprint density at radius 3 is 2.59 bits per heavy atom. The molecule has 0 saturated carbocycles. The van der Waals surface area contributed by atoms with Crippen LogP contribution in [0, 0.1) is 0 Å². The Labute approximate surface area is 174 Å². The summed E-state index contributed by atoms with van der Waals surface area (Å²) < 4.78 is 13.0. The first kappa shape index (κ1) is 20.7. The van der Waals surface area contributed by atoms with E-state index >= 15 is 0 Å². The number of anilines is 1. The van der Waals surface area contributed by atoms with E-state index in [0.717, 1.165) is 11.4 Å². The van der Waals surface area contributed by atoms with Gasteiger partial charge in [0.15, 0.2) is 17.1 Å². The van der Waals surface area contributed by atoms with E-state index in [2.05, 4.69) is 10.2 Å². The van der Waals surface area contributed by atoms with Crippen molar-refractivity contribution in [3.05, 3.63) is 60.4 Å². The van der Waals surface area contributed by atoms with Crippen LogP contribution in [0.3, 0.4) is 0 Å². The average molecular weight is 413 g/mol. The van der Waals surface area contributed by atoms with Gasteiger partial charge in [-0.1, -0.05) is 36.0 Å². The third kappa shape index (κ3) is 5.08. The highest BCUT2D eigenvalue weighted by atomic mass is 32.2. The fraction of sp³-hybridized carbons (Fsp3) is 0.286. The second-order valence-corrected chi connectivity index (χ2v) is 7.36. The summed E-state index contributed by atoms with van der Waals surface area (Å²) in [4.78, 5) is 14.1. The summed E-state index contributed by atoms with van der Waals surface area (Å²) in [6.45, 7) is 1.91. The maximum absolute atomic E-state index is 12.5. The number of nitrogens with zero attached hydrogens (tertiary/aromatic N) is 4. The minimum Gasteiger partial charge on any atom is -0.497 e. The summed E-state index contributed by atoms with van der Waals surface area (Å²) in [7, 11) is 5.25. The molecule has 0 fully saturated rings. The van der Waals surface area contributed by atoms with Gasteiger partial charge in [-0.3, -0.25) is 4.79 Å². The van der Waals surface area contributed by atoms with E-state index in [9.17, 15) is 4.79 Å². The van der Waals surface area contributed by atoms with Crippen LogP contribution in [0.1, 0.15) is 18.9 Å². The molecular weight excluding hydrogens is 388 g/mol. The minimum atomic E-state index is -0.309. The first-order chi connectivity index (χ1) is 14.0. The van der Waals surface area contributed by atoms with Crippen molar-refractivity contribution >= 4 is 23.4 Å². The van der Waals surface area contributed by atoms with Crippen LogP contribution in [0.2, 0.25) is 0 Å². The molecule has 1 amide bonds. The van der Waals surface area contributed by atoms with E-state index < -0.39 is 0 Å². The van der Waals surface area contributed by atoms with Crippen LogP contribution >= 0.6 is 11.8 Å². The highest BCUT2D eigenvalue weighted by Gasteiger charge is 2.19. The zero-order valence-electron chi connectivity index (χ0n) is 16.9. The second-order valence-electron chi connectivity index (χ2n) is 6.42. The molecule has 8 heteroatoms. The molecule has 7 nitrogen and oxygen atoms in total. The molecule has 1 aromatic heterocycles. The van der Waals surface area contributed by atoms with E-state index in [0.29, 0.717) is 16.7 Å². The number of aromatic nitrogens is 3. The van der Waals surface area contributed by atoms with Gasteiger partial charge in [0.25, 0.3) is 0 Å². The molecule has 0 aliphatic carbocycles. The van der Waals surface area contributed by atoms with Crippen LogP contribution < -0.4 is 14.4 Å². The number of benzene rings is 2. The smallest absolute Gasteiger partial charge is 0.237 e. The summed E-state index contributed by atoms with van der Waals surface area (Å²) in [6, 6.07) is 17.0. The number of methoxy groups -OCH3 is 1. The second kappa shape index (κ2) is 9.47. The van der Waals surface area contributed by atoms with Gasteiger partial charge >= 0.3 is 0 Å². The van der Waals surface area contributed by atoms with Crippen LogP contribution in [0.5, 0.6) is 11.5 Å². The Morgan fingerprint density at radius 2 is 1.86 bits per heavy atom. The topological polar surface area (TPSA) is 69.5 Å². The van der Waals surface area contributed by atoms with Crippen molar-refractivity contribution in [2.45, 2.75) is 18.2 Å². The Hall–Kier alpha value is -3.00. The molecule has 2 aromatic carbocycles. The molecule has 0 N–H and O–H groups in total. The Bertz CT molecular complexity index is 962. The molecule has 0 aliphatic rings. The number of ether oxygens (including phenoxy) is 2. The van der Waals surface area contributed by atoms with Gasteiger partial charge in [0.05, 0.1) is 12.9 Å². The lowest BCUT2D eigenvalue weighted by Crippen LogP contribution is -2.27. The van der Waals surface area contributed by atoms with Gasteiger partial charge in [-0.05, 0) is 31.2 Å². The van der Waals surface area contributed by atoms with Crippen molar-refractivity contribution in [3.8, 4) is 11.5 Å². The average Bonchev–Trinajstić information content (AvgIpc) is 3.12. The summed E-state index contributed by atoms with van der Waals surface area (Å²) >= 11 is 1.35. The van der Waals surface area contributed by atoms with Gasteiger partial charge in [-0.25, -0.2) is 0 Å². The molecule has 1 unspecified atom stereocenters. The fourth-order valence-electron chi connectivity index (χ4n) is 2.76. The van der Waals surface area contributed by atoms with Gasteiger partial charge < -0.3 is 18.9 Å². The van der Waals surface area contributed by atoms with E-state index in [1.165, 1.54) is 11.8 Å². The lowest BCUT2D eigenvalue weighted by molar-refractivity contribution is -0.115. The zero-order chi connectivity index (χ0) is 20.8. The van der Waals surface area contributed by atoms with Crippen molar-refractivity contribution in [3.63, 3.8) is 0 Å². The summed E-state index contributed by atoms with van der Waals surface area (Å²) in [5.41, 5.74) is 0.858. The molecule has 1 atom stereocenters. The predicted octanol–water partition coefficient (Wildman–Crippen LogP) is 3.72. The third-order valence-corrected chi connectivity index (χ3v) is 5.43. The minimum absolute atomic E-state index is 0.00794. The normalized spacial score (nSPS) is 11.7. The monoisotopic (exact) mass is 412 g/mol. The van der Waals surface area contributed by atoms with Gasteiger partial charge in [0.1, 0.15) is 11.5 Å². The van der Waals surface area contributed by atoms with Crippen molar-refractivity contribution in [2.75, 3.05) is 24.8 Å². The lowest BCUT2D eigenvalue weighted by Gasteiger charge is -2.17. The number of carbonyl (C=O) groups excluding carboxylic acids is 1. The van der Waals surface area contributed by atoms with Crippen LogP contribution in [-0.2, 0) is 11.8 Å². The molecule has 3 rings (SSSR count). The maximum atomic E-state index is 12.5. The van der Waals surface area contributed by atoms with Crippen LogP contribution in [0.15, 0.2) is 59.8 Å². The number of amides is 1. The van der Waals surface area contributed by atoms with Gasteiger partial charge in [-0.2, -0.15) is 0 Å². The molecule has 0 aliphatic heterocycles. The SMILES string of the molecule is COc1cccc(OC(C)c2nnc(SCC(=O)N(C)c3ccccc3)n2C)c1. The fourth-order valence-corrected chi connectivity index (χ4v) is 3.59. The molecule has 0 bridgehead atoms. The summed E-state index contributed by atoms with van der Waals surface area (Å²) in [6.07, 6.45) is -0.309. The summed E-state index contributed by atoms with van der Waals surface area (Å²) in [5, 5.41) is 9.13. The number of carbonyl (C=O) groups is 1. The number of para-hydroxylation sites is 1. The molecule has 29 heavy (non-hydrogen) atoms. The number of hydrogen-bond donors (Lipinski definition) is 0. The molecule has 1 heterocycles. The maximum Gasteiger partial charge on any atom is 0.237 e. The van der Waals surface area contributed by atoms with Crippen molar-refractivity contribution in [2.24, 2.45) is 7.05 Å². The highest BCUT2D eigenvalue weighted by molar-refractivity contribution is 7.99. The standard InChI is InChI=1S/C21H24N4O3S/c1-15(28-18-12-8-11-17(13-18)27-4)20-22-23-21(25(20)3)29-14-19(26)24(2)16-9-6-5-7-10-16/h5-13,15H,14H2,1-4H3. The first-order valence-corrected chi connectivity index (χ1v) is 10.1. The lowest BCUT2D eigenvalue weighted by atomic mass is 10.3. The zero-order valence-corrected chi connectivity index (χ0v) is 17.7. The van der Waals surface area contributed by atoms with Crippen LogP contribution in [-0.4, -0.2) is 40.6 Å². The highest BCUT2D eigenvalue weighted by Crippen LogP contribution is 2.26. The number of hydrogen-bond acceptors (Lipinski definition) is 6. The van der Waals surface area contributed by atoms with Gasteiger partial charge in [0, 0.05) is 25.8 Å². The van der Waals surface area contributed by atoms with Gasteiger partial charge in [-0.15, -0.1) is 10.2 Å². The van der Waals surface area contributed by atoms with Gasteiger partial charge in [0.2, 0.25) is 5.91 Å². The molecule has 152 valence electrons. The van der Waals surface area contributed by atoms with Crippen LogP contribution in [0.25, 0.3) is 0 Å². The Balaban J connectivity index is 1.62. The molecular formula is C21H24N4O3S. The Morgan fingerprint density at radius 1 is 1.14 bits per heavy atom. The molecule has 0 saturated heterocycles. The molecule has 0 spiro atoms. The number of rotatable bonds is 8. The Kier molecular flexibility index (Phi) is 6.77.